The van der Waals surface area contributed by atoms with E-state index in [0.717, 1.165) is 38.5 Å². The number of hydrogen-bond acceptors (Lipinski definition) is 6. The summed E-state index contributed by atoms with van der Waals surface area (Å²) in [5.41, 5.74) is 0. The number of piperazine rings is 1. The van der Waals surface area contributed by atoms with E-state index in [1.165, 1.54) is 0 Å². The summed E-state index contributed by atoms with van der Waals surface area (Å²) in [5, 5.41) is 9.43. The van der Waals surface area contributed by atoms with Crippen LogP contribution in [0.2, 0.25) is 0 Å². The maximum Gasteiger partial charge on any atom is 0.234 e. The van der Waals surface area contributed by atoms with Gasteiger partial charge in [-0.3, -0.25) is 9.88 Å². The zero-order chi connectivity index (χ0) is 15.2. The van der Waals surface area contributed by atoms with Crippen molar-refractivity contribution in [1.82, 2.24) is 14.9 Å². The van der Waals surface area contributed by atoms with Crippen LogP contribution in [0.5, 0.6) is 5.88 Å². The quantitative estimate of drug-likeness (QED) is 0.845. The van der Waals surface area contributed by atoms with Gasteiger partial charge in [-0.25, -0.2) is 0 Å². The number of hydrogen-bond donors (Lipinski definition) is 1. The van der Waals surface area contributed by atoms with Gasteiger partial charge >= 0.3 is 0 Å². The maximum absolute atomic E-state index is 9.43. The van der Waals surface area contributed by atoms with E-state index >= 15 is 0 Å². The molecule has 0 aromatic carbocycles. The minimum absolute atomic E-state index is 0.274. The molecule has 1 atom stereocenters. The smallest absolute Gasteiger partial charge is 0.234 e. The molecule has 118 valence electrons. The summed E-state index contributed by atoms with van der Waals surface area (Å²) >= 11 is 0. The van der Waals surface area contributed by atoms with Crippen LogP contribution in [-0.4, -0.2) is 65.4 Å². The van der Waals surface area contributed by atoms with Gasteiger partial charge in [0.15, 0.2) is 5.82 Å². The van der Waals surface area contributed by atoms with E-state index in [1.807, 2.05) is 6.92 Å². The van der Waals surface area contributed by atoms with Crippen molar-refractivity contribution < 1.29 is 9.84 Å². The molecule has 2 rings (SSSR count). The molecular formula is C15H26N4O2. The van der Waals surface area contributed by atoms with Gasteiger partial charge in [-0.1, -0.05) is 13.8 Å². The van der Waals surface area contributed by atoms with E-state index < -0.39 is 0 Å². The molecular weight excluding hydrogens is 268 g/mol. The molecule has 1 fully saturated rings. The summed E-state index contributed by atoms with van der Waals surface area (Å²) in [6, 6.07) is 0. The van der Waals surface area contributed by atoms with Crippen LogP contribution in [0.25, 0.3) is 0 Å². The van der Waals surface area contributed by atoms with E-state index in [4.69, 9.17) is 4.74 Å². The zero-order valence-corrected chi connectivity index (χ0v) is 13.2. The van der Waals surface area contributed by atoms with Gasteiger partial charge in [-0.2, -0.15) is 4.98 Å². The highest BCUT2D eigenvalue weighted by Crippen LogP contribution is 2.16. The minimum Gasteiger partial charge on any atom is -0.476 e. The molecule has 0 radical (unpaired) electrons. The molecule has 1 aliphatic heterocycles. The third-order valence-corrected chi connectivity index (χ3v) is 3.38. The number of aliphatic hydroxyl groups is 1. The largest absolute Gasteiger partial charge is 0.476 e. The number of anilines is 1. The second-order valence-electron chi connectivity index (χ2n) is 6.06. The Morgan fingerprint density at radius 3 is 2.52 bits per heavy atom. The van der Waals surface area contributed by atoms with Gasteiger partial charge in [0.2, 0.25) is 5.88 Å². The number of ether oxygens (including phenoxy) is 1. The van der Waals surface area contributed by atoms with E-state index in [-0.39, 0.29) is 6.10 Å². The van der Waals surface area contributed by atoms with Crippen molar-refractivity contribution >= 4 is 5.82 Å². The van der Waals surface area contributed by atoms with Gasteiger partial charge < -0.3 is 14.7 Å². The first-order valence-electron chi connectivity index (χ1n) is 7.65. The summed E-state index contributed by atoms with van der Waals surface area (Å²) in [6.07, 6.45) is 3.17. The fourth-order valence-electron chi connectivity index (χ4n) is 2.35. The Hall–Kier alpha value is -1.40. The SMILES string of the molecule is CC(C)COc1cncc(N2CCN(C[C@@H](C)O)CC2)n1. The molecule has 6 nitrogen and oxygen atoms in total. The number of rotatable bonds is 6. The van der Waals surface area contributed by atoms with Crippen molar-refractivity contribution in [3.8, 4) is 5.88 Å². The lowest BCUT2D eigenvalue weighted by atomic mass is 10.2. The predicted molar refractivity (Wildman–Crippen MR) is 82.7 cm³/mol. The molecule has 1 aromatic heterocycles. The van der Waals surface area contributed by atoms with Gasteiger partial charge in [0.05, 0.1) is 25.1 Å². The van der Waals surface area contributed by atoms with Gasteiger partial charge in [0.1, 0.15) is 0 Å². The molecule has 0 unspecified atom stereocenters. The van der Waals surface area contributed by atoms with Gasteiger partial charge in [0.25, 0.3) is 0 Å². The van der Waals surface area contributed by atoms with E-state index in [0.29, 0.717) is 18.4 Å². The highest BCUT2D eigenvalue weighted by molar-refractivity contribution is 5.38. The number of β-amino-alcohol motifs (C(OH)–C–C–N with tert-alkyl or cyclic N) is 1. The molecule has 21 heavy (non-hydrogen) atoms. The molecule has 1 N–H and O–H groups in total. The lowest BCUT2D eigenvalue weighted by molar-refractivity contribution is 0.122. The second-order valence-corrected chi connectivity index (χ2v) is 6.06. The standard InChI is InChI=1S/C15H26N4O2/c1-12(2)11-21-15-9-16-8-14(17-15)19-6-4-18(5-7-19)10-13(3)20/h8-9,12-13,20H,4-7,10-11H2,1-3H3/t13-/m1/s1. The predicted octanol–water partition coefficient (Wildman–Crippen LogP) is 1.01. The first kappa shape index (κ1) is 16.0. The van der Waals surface area contributed by atoms with Crippen LogP contribution in [0.3, 0.4) is 0 Å². The van der Waals surface area contributed by atoms with Gasteiger partial charge in [-0.05, 0) is 12.8 Å². The lowest BCUT2D eigenvalue weighted by Crippen LogP contribution is -2.48. The molecule has 1 saturated heterocycles. The monoisotopic (exact) mass is 294 g/mol. The van der Waals surface area contributed by atoms with Crippen molar-refractivity contribution in [2.24, 2.45) is 5.92 Å². The van der Waals surface area contributed by atoms with Crippen molar-refractivity contribution in [2.75, 3.05) is 44.2 Å². The second kappa shape index (κ2) is 7.56. The Labute approximate surface area is 126 Å². The van der Waals surface area contributed by atoms with Crippen LogP contribution in [0, 0.1) is 5.92 Å². The highest BCUT2D eigenvalue weighted by Gasteiger charge is 2.19. The van der Waals surface area contributed by atoms with E-state index in [2.05, 4.69) is 33.6 Å². The molecule has 0 aliphatic carbocycles. The van der Waals surface area contributed by atoms with Crippen LogP contribution in [0.4, 0.5) is 5.82 Å². The first-order valence-corrected chi connectivity index (χ1v) is 7.65. The summed E-state index contributed by atoms with van der Waals surface area (Å²) in [5.74, 6) is 1.93. The van der Waals surface area contributed by atoms with Crippen LogP contribution >= 0.6 is 0 Å². The maximum atomic E-state index is 9.43. The fourth-order valence-corrected chi connectivity index (χ4v) is 2.35. The van der Waals surface area contributed by atoms with E-state index in [9.17, 15) is 5.11 Å². The molecule has 2 heterocycles. The molecule has 1 aromatic rings. The number of nitrogens with zero attached hydrogens (tertiary/aromatic N) is 4. The summed E-state index contributed by atoms with van der Waals surface area (Å²) < 4.78 is 5.63. The van der Waals surface area contributed by atoms with Crippen molar-refractivity contribution in [3.63, 3.8) is 0 Å². The first-order chi connectivity index (χ1) is 10.0. The van der Waals surface area contributed by atoms with Crippen molar-refractivity contribution in [3.05, 3.63) is 12.4 Å². The minimum atomic E-state index is -0.274. The summed E-state index contributed by atoms with van der Waals surface area (Å²) in [4.78, 5) is 13.2. The van der Waals surface area contributed by atoms with Crippen LogP contribution in [-0.2, 0) is 0 Å². The van der Waals surface area contributed by atoms with Crippen LogP contribution in [0.15, 0.2) is 12.4 Å². The van der Waals surface area contributed by atoms with Crippen LogP contribution < -0.4 is 9.64 Å². The number of aliphatic hydroxyl groups excluding tert-OH is 1. The van der Waals surface area contributed by atoms with Crippen molar-refractivity contribution in [1.29, 1.82) is 0 Å². The third kappa shape index (κ3) is 5.13. The van der Waals surface area contributed by atoms with Crippen molar-refractivity contribution in [2.45, 2.75) is 26.9 Å². The molecule has 0 saturated carbocycles. The van der Waals surface area contributed by atoms with Crippen LogP contribution in [0.1, 0.15) is 20.8 Å². The van der Waals surface area contributed by atoms with Gasteiger partial charge in [-0.15, -0.1) is 0 Å². The Kier molecular flexibility index (Phi) is 5.76. The topological polar surface area (TPSA) is 61.7 Å². The molecule has 0 spiro atoms. The number of aromatic nitrogens is 2. The summed E-state index contributed by atoms with van der Waals surface area (Å²) in [7, 11) is 0. The normalized spacial score (nSPS) is 18.0. The third-order valence-electron chi connectivity index (χ3n) is 3.38. The molecule has 6 heteroatoms. The molecule has 1 aliphatic rings. The summed E-state index contributed by atoms with van der Waals surface area (Å²) in [6.45, 7) is 11.1. The fraction of sp³-hybridized carbons (Fsp3) is 0.733. The molecule has 0 amide bonds. The molecule has 0 bridgehead atoms. The van der Waals surface area contributed by atoms with Gasteiger partial charge in [0, 0.05) is 32.7 Å². The average molecular weight is 294 g/mol. The highest BCUT2D eigenvalue weighted by atomic mass is 16.5. The van der Waals surface area contributed by atoms with E-state index in [1.54, 1.807) is 12.4 Å². The Balaban J connectivity index is 1.89. The Bertz CT molecular complexity index is 431. The Morgan fingerprint density at radius 2 is 1.90 bits per heavy atom. The Morgan fingerprint density at radius 1 is 1.19 bits per heavy atom. The average Bonchev–Trinajstić information content (AvgIpc) is 2.45. The lowest BCUT2D eigenvalue weighted by Gasteiger charge is -2.35. The zero-order valence-electron chi connectivity index (χ0n) is 13.2.